The molecule has 3 amide bonds. The summed E-state index contributed by atoms with van der Waals surface area (Å²) in [5.41, 5.74) is -1.88. The number of nitrogens with one attached hydrogen (secondary N) is 2. The summed E-state index contributed by atoms with van der Waals surface area (Å²) in [6.45, 7) is 3.51. The molecule has 1 rings (SSSR count). The monoisotopic (exact) mass is 275 g/mol. The van der Waals surface area contributed by atoms with Crippen LogP contribution in [0.3, 0.4) is 0 Å². The topological polar surface area (TPSA) is 70.7 Å². The number of carbonyl (C=O) groups is 2. The Morgan fingerprint density at radius 1 is 1.32 bits per heavy atom. The van der Waals surface area contributed by atoms with E-state index < -0.39 is 11.6 Å². The smallest absolute Gasteiger partial charge is 0.317 e. The third kappa shape index (κ3) is 4.34. The van der Waals surface area contributed by atoms with Gasteiger partial charge < -0.3 is 20.3 Å². The van der Waals surface area contributed by atoms with Crippen LogP contribution >= 0.6 is 0 Å². The van der Waals surface area contributed by atoms with Gasteiger partial charge in [0.05, 0.1) is 6.61 Å². The van der Waals surface area contributed by atoms with Gasteiger partial charge in [0.25, 0.3) is 5.91 Å². The average molecular weight is 275 g/mol. The Morgan fingerprint density at radius 3 is 2.47 bits per heavy atom. The summed E-state index contributed by atoms with van der Waals surface area (Å²) in [7, 11) is 1.52. The fourth-order valence-electron chi connectivity index (χ4n) is 1.98. The van der Waals surface area contributed by atoms with E-state index in [-0.39, 0.29) is 32.0 Å². The second-order valence-corrected chi connectivity index (χ2v) is 4.54. The van der Waals surface area contributed by atoms with Crippen molar-refractivity contribution >= 4 is 11.9 Å². The van der Waals surface area contributed by atoms with Gasteiger partial charge in [0.2, 0.25) is 0 Å². The lowest BCUT2D eigenvalue weighted by Crippen LogP contribution is -2.54. The largest absolute Gasteiger partial charge is 0.383 e. The lowest BCUT2D eigenvalue weighted by molar-refractivity contribution is -0.135. The van der Waals surface area contributed by atoms with E-state index >= 15 is 0 Å². The molecule has 0 atom stereocenters. The van der Waals surface area contributed by atoms with Crippen LogP contribution in [0.4, 0.5) is 9.18 Å². The fourth-order valence-corrected chi connectivity index (χ4v) is 1.98. The van der Waals surface area contributed by atoms with Crippen LogP contribution in [0.5, 0.6) is 0 Å². The average Bonchev–Trinajstić information content (AvgIpc) is 2.40. The number of carbonyl (C=O) groups excluding carboxylic acids is 2. The van der Waals surface area contributed by atoms with Crippen LogP contribution in [0.15, 0.2) is 0 Å². The highest BCUT2D eigenvalue weighted by atomic mass is 19.1. The van der Waals surface area contributed by atoms with Crippen LogP contribution in [-0.2, 0) is 9.53 Å². The van der Waals surface area contributed by atoms with Gasteiger partial charge in [0, 0.05) is 46.1 Å². The van der Waals surface area contributed by atoms with Crippen molar-refractivity contribution in [1.82, 2.24) is 15.5 Å². The second-order valence-electron chi connectivity index (χ2n) is 4.54. The number of ether oxygens (including phenoxy) is 1. The molecule has 110 valence electrons. The van der Waals surface area contributed by atoms with E-state index in [1.54, 1.807) is 0 Å². The lowest BCUT2D eigenvalue weighted by atomic mass is 9.92. The molecule has 6 nitrogen and oxygen atoms in total. The van der Waals surface area contributed by atoms with Crippen molar-refractivity contribution in [2.45, 2.75) is 25.4 Å². The molecule has 19 heavy (non-hydrogen) atoms. The predicted molar refractivity (Wildman–Crippen MR) is 68.6 cm³/mol. The molecule has 0 saturated carbocycles. The number of urea groups is 1. The van der Waals surface area contributed by atoms with Crippen molar-refractivity contribution in [2.75, 3.05) is 39.9 Å². The van der Waals surface area contributed by atoms with Gasteiger partial charge in [-0.25, -0.2) is 9.18 Å². The van der Waals surface area contributed by atoms with Gasteiger partial charge in [-0.15, -0.1) is 0 Å². The van der Waals surface area contributed by atoms with E-state index in [4.69, 9.17) is 4.74 Å². The summed E-state index contributed by atoms with van der Waals surface area (Å²) >= 11 is 0. The molecule has 1 fully saturated rings. The zero-order valence-corrected chi connectivity index (χ0v) is 11.5. The summed E-state index contributed by atoms with van der Waals surface area (Å²) in [5.74, 6) is -0.611. The first-order valence-electron chi connectivity index (χ1n) is 6.52. The molecule has 0 bridgehead atoms. The SMILES string of the molecule is CCNC(=O)N1CCC(F)(C(=O)NCCOC)CC1. The summed E-state index contributed by atoms with van der Waals surface area (Å²) in [6.07, 6.45) is 0.0614. The second kappa shape index (κ2) is 7.28. The molecule has 2 N–H and O–H groups in total. The van der Waals surface area contributed by atoms with Crippen LogP contribution in [-0.4, -0.2) is 62.4 Å². The van der Waals surface area contributed by atoms with Crippen LogP contribution in [0.25, 0.3) is 0 Å². The molecule has 0 radical (unpaired) electrons. The number of amides is 3. The minimum Gasteiger partial charge on any atom is -0.383 e. The van der Waals surface area contributed by atoms with Gasteiger partial charge in [-0.3, -0.25) is 4.79 Å². The highest BCUT2D eigenvalue weighted by Gasteiger charge is 2.42. The Bertz CT molecular complexity index is 317. The van der Waals surface area contributed by atoms with Crippen molar-refractivity contribution in [3.8, 4) is 0 Å². The van der Waals surface area contributed by atoms with E-state index in [0.29, 0.717) is 19.7 Å². The van der Waals surface area contributed by atoms with Crippen LogP contribution in [0.1, 0.15) is 19.8 Å². The number of alkyl halides is 1. The molecule has 0 aromatic carbocycles. The summed E-state index contributed by atoms with van der Waals surface area (Å²) in [6, 6.07) is -0.204. The molecule has 0 aliphatic carbocycles. The van der Waals surface area contributed by atoms with E-state index in [9.17, 15) is 14.0 Å². The number of piperidine rings is 1. The number of hydrogen-bond donors (Lipinski definition) is 2. The van der Waals surface area contributed by atoms with Gasteiger partial charge in [-0.05, 0) is 6.92 Å². The van der Waals surface area contributed by atoms with Gasteiger partial charge in [0.15, 0.2) is 5.67 Å². The Kier molecular flexibility index (Phi) is 6.01. The zero-order chi connectivity index (χ0) is 14.3. The molecule has 0 spiro atoms. The minimum atomic E-state index is -1.88. The lowest BCUT2D eigenvalue weighted by Gasteiger charge is -2.35. The first-order chi connectivity index (χ1) is 9.03. The molecule has 1 aliphatic heterocycles. The molecule has 7 heteroatoms. The maximum absolute atomic E-state index is 14.4. The van der Waals surface area contributed by atoms with Crippen molar-refractivity contribution in [2.24, 2.45) is 0 Å². The number of halogens is 1. The molecule has 1 saturated heterocycles. The first-order valence-corrected chi connectivity index (χ1v) is 6.52. The number of likely N-dealkylation sites (tertiary alicyclic amines) is 1. The number of hydrogen-bond acceptors (Lipinski definition) is 3. The van der Waals surface area contributed by atoms with E-state index in [1.807, 2.05) is 6.92 Å². The van der Waals surface area contributed by atoms with Gasteiger partial charge in [-0.1, -0.05) is 0 Å². The Hall–Kier alpha value is -1.37. The van der Waals surface area contributed by atoms with Crippen molar-refractivity contribution < 1.29 is 18.7 Å². The fraction of sp³-hybridized carbons (Fsp3) is 0.833. The van der Waals surface area contributed by atoms with Gasteiger partial charge in [-0.2, -0.15) is 0 Å². The van der Waals surface area contributed by atoms with Gasteiger partial charge >= 0.3 is 6.03 Å². The highest BCUT2D eigenvalue weighted by molar-refractivity contribution is 5.85. The van der Waals surface area contributed by atoms with Crippen molar-refractivity contribution in [3.05, 3.63) is 0 Å². The Balaban J connectivity index is 2.42. The predicted octanol–water partition coefficient (Wildman–Crippen LogP) is 0.283. The number of methoxy groups -OCH3 is 1. The van der Waals surface area contributed by atoms with Crippen LogP contribution in [0.2, 0.25) is 0 Å². The summed E-state index contributed by atoms with van der Waals surface area (Å²) < 4.78 is 19.2. The standard InChI is InChI=1S/C12H22FN3O3/c1-3-14-11(18)16-7-4-12(13,5-8-16)10(17)15-6-9-19-2/h3-9H2,1-2H3,(H,14,18)(H,15,17). The van der Waals surface area contributed by atoms with Crippen LogP contribution in [0, 0.1) is 0 Å². The highest BCUT2D eigenvalue weighted by Crippen LogP contribution is 2.26. The van der Waals surface area contributed by atoms with E-state index in [1.165, 1.54) is 12.0 Å². The molecule has 1 aliphatic rings. The molecular weight excluding hydrogens is 253 g/mol. The first kappa shape index (κ1) is 15.7. The maximum atomic E-state index is 14.4. The molecule has 1 heterocycles. The number of rotatable bonds is 5. The normalized spacial score (nSPS) is 17.9. The van der Waals surface area contributed by atoms with E-state index in [2.05, 4.69) is 10.6 Å². The van der Waals surface area contributed by atoms with Gasteiger partial charge in [0.1, 0.15) is 0 Å². The molecule has 0 aromatic rings. The summed E-state index contributed by atoms with van der Waals surface area (Å²) in [4.78, 5) is 24.8. The molecular formula is C12H22FN3O3. The third-order valence-electron chi connectivity index (χ3n) is 3.17. The Labute approximate surface area is 112 Å². The minimum absolute atomic E-state index is 0.0307. The van der Waals surface area contributed by atoms with Crippen molar-refractivity contribution in [3.63, 3.8) is 0 Å². The molecule has 0 aromatic heterocycles. The van der Waals surface area contributed by atoms with Crippen molar-refractivity contribution in [1.29, 1.82) is 0 Å². The summed E-state index contributed by atoms with van der Waals surface area (Å²) in [5, 5.41) is 5.17. The van der Waals surface area contributed by atoms with Crippen LogP contribution < -0.4 is 10.6 Å². The number of nitrogens with zero attached hydrogens (tertiary/aromatic N) is 1. The quantitative estimate of drug-likeness (QED) is 0.708. The molecule has 0 unspecified atom stereocenters. The Morgan fingerprint density at radius 2 is 1.95 bits per heavy atom. The maximum Gasteiger partial charge on any atom is 0.317 e. The zero-order valence-electron chi connectivity index (χ0n) is 11.5. The van der Waals surface area contributed by atoms with E-state index in [0.717, 1.165) is 0 Å². The third-order valence-corrected chi connectivity index (χ3v) is 3.17.